The van der Waals surface area contributed by atoms with Gasteiger partial charge in [0.1, 0.15) is 0 Å². The van der Waals surface area contributed by atoms with Gasteiger partial charge in [0.05, 0.1) is 0 Å². The Kier molecular flexibility index (Phi) is 4.39. The van der Waals surface area contributed by atoms with Crippen molar-refractivity contribution in [3.8, 4) is 0 Å². The lowest BCUT2D eigenvalue weighted by atomic mass is 10.0. The van der Waals surface area contributed by atoms with E-state index in [1.807, 2.05) is 0 Å². The Morgan fingerprint density at radius 1 is 1.43 bits per heavy atom. The van der Waals surface area contributed by atoms with Crippen molar-refractivity contribution in [2.75, 3.05) is 19.6 Å². The maximum Gasteiger partial charge on any atom is 0.0252 e. The first-order chi connectivity index (χ1) is 6.55. The maximum atomic E-state index is 3.61. The molecule has 0 amide bonds. The van der Waals surface area contributed by atoms with E-state index in [4.69, 9.17) is 0 Å². The van der Waals surface area contributed by atoms with Gasteiger partial charge in [-0.3, -0.25) is 4.90 Å². The molecule has 1 aliphatic rings. The Bertz CT molecular complexity index is 166. The number of nitrogens with zero attached hydrogens (tertiary/aromatic N) is 1. The van der Waals surface area contributed by atoms with Crippen LogP contribution in [0.5, 0.6) is 0 Å². The quantitative estimate of drug-likeness (QED) is 0.748. The van der Waals surface area contributed by atoms with Gasteiger partial charge < -0.3 is 5.32 Å². The Balaban J connectivity index is 2.50. The minimum absolute atomic E-state index is 0.290. The predicted octanol–water partition coefficient (Wildman–Crippen LogP) is 2.25. The first kappa shape index (κ1) is 12.0. The molecule has 1 atom stereocenters. The molecule has 84 valence electrons. The molecule has 1 aliphatic heterocycles. The zero-order valence-electron chi connectivity index (χ0n) is 10.3. The Labute approximate surface area is 89.1 Å². The highest BCUT2D eigenvalue weighted by Gasteiger charge is 2.26. The van der Waals surface area contributed by atoms with Crippen molar-refractivity contribution in [3.63, 3.8) is 0 Å². The largest absolute Gasteiger partial charge is 0.310 e. The van der Waals surface area contributed by atoms with Gasteiger partial charge in [0.25, 0.3) is 0 Å². The summed E-state index contributed by atoms with van der Waals surface area (Å²) in [4.78, 5) is 2.64. The van der Waals surface area contributed by atoms with E-state index in [9.17, 15) is 0 Å². The second-order valence-corrected chi connectivity index (χ2v) is 5.27. The van der Waals surface area contributed by atoms with E-state index in [0.29, 0.717) is 5.54 Å². The molecular formula is C12H26N2. The summed E-state index contributed by atoms with van der Waals surface area (Å²) in [6.45, 7) is 12.9. The Morgan fingerprint density at radius 3 is 2.79 bits per heavy atom. The van der Waals surface area contributed by atoms with Crippen LogP contribution >= 0.6 is 0 Å². The molecule has 2 heteroatoms. The van der Waals surface area contributed by atoms with Gasteiger partial charge in [-0.25, -0.2) is 0 Å². The molecule has 0 aliphatic carbocycles. The summed E-state index contributed by atoms with van der Waals surface area (Å²) in [7, 11) is 0. The van der Waals surface area contributed by atoms with Gasteiger partial charge in [0.15, 0.2) is 0 Å². The molecule has 0 bridgehead atoms. The van der Waals surface area contributed by atoms with Gasteiger partial charge in [-0.2, -0.15) is 0 Å². The maximum absolute atomic E-state index is 3.61. The van der Waals surface area contributed by atoms with E-state index in [1.165, 1.54) is 38.9 Å². The lowest BCUT2D eigenvalue weighted by Crippen LogP contribution is -2.48. The third-order valence-electron chi connectivity index (χ3n) is 3.15. The zero-order valence-corrected chi connectivity index (χ0v) is 10.3. The van der Waals surface area contributed by atoms with Gasteiger partial charge in [0.2, 0.25) is 0 Å². The molecule has 2 nitrogen and oxygen atoms in total. The summed E-state index contributed by atoms with van der Waals surface area (Å²) in [5.74, 6) is 0. The molecule has 1 unspecified atom stereocenters. The van der Waals surface area contributed by atoms with E-state index >= 15 is 0 Å². The molecule has 1 saturated heterocycles. The van der Waals surface area contributed by atoms with Crippen LogP contribution in [-0.2, 0) is 0 Å². The highest BCUT2D eigenvalue weighted by molar-refractivity contribution is 4.86. The van der Waals surface area contributed by atoms with Crippen LogP contribution in [0.25, 0.3) is 0 Å². The second-order valence-electron chi connectivity index (χ2n) is 5.27. The average molecular weight is 198 g/mol. The minimum Gasteiger partial charge on any atom is -0.310 e. The first-order valence-corrected chi connectivity index (χ1v) is 6.04. The minimum atomic E-state index is 0.290. The predicted molar refractivity (Wildman–Crippen MR) is 62.6 cm³/mol. The number of nitrogens with one attached hydrogen (secondary N) is 1. The summed E-state index contributed by atoms with van der Waals surface area (Å²) in [5, 5.41) is 3.61. The molecule has 1 N–H and O–H groups in total. The van der Waals surface area contributed by atoms with Crippen molar-refractivity contribution < 1.29 is 0 Å². The van der Waals surface area contributed by atoms with Crippen molar-refractivity contribution in [1.29, 1.82) is 0 Å². The molecule has 1 heterocycles. The van der Waals surface area contributed by atoms with Gasteiger partial charge in [0, 0.05) is 18.1 Å². The topological polar surface area (TPSA) is 15.3 Å². The van der Waals surface area contributed by atoms with Gasteiger partial charge in [-0.1, -0.05) is 13.3 Å². The van der Waals surface area contributed by atoms with Crippen molar-refractivity contribution in [2.24, 2.45) is 0 Å². The summed E-state index contributed by atoms with van der Waals surface area (Å²) >= 11 is 0. The van der Waals surface area contributed by atoms with E-state index in [2.05, 4.69) is 37.9 Å². The molecule has 0 saturated carbocycles. The standard InChI is InChI=1S/C12H26N2/c1-5-7-11(2)14-9-6-8-13-12(3,4)10-14/h11,13H,5-10H2,1-4H3. The van der Waals surface area contributed by atoms with Crippen LogP contribution in [0.15, 0.2) is 0 Å². The summed E-state index contributed by atoms with van der Waals surface area (Å²) in [5.41, 5.74) is 0.290. The molecule has 0 aromatic carbocycles. The third-order valence-corrected chi connectivity index (χ3v) is 3.15. The van der Waals surface area contributed by atoms with Crippen LogP contribution in [0.4, 0.5) is 0 Å². The number of hydrogen-bond donors (Lipinski definition) is 1. The fourth-order valence-corrected chi connectivity index (χ4v) is 2.33. The molecule has 0 radical (unpaired) electrons. The highest BCUT2D eigenvalue weighted by Crippen LogP contribution is 2.15. The SMILES string of the molecule is CCCC(C)N1CCCNC(C)(C)C1. The Morgan fingerprint density at radius 2 is 2.14 bits per heavy atom. The van der Waals surface area contributed by atoms with Gasteiger partial charge in [-0.15, -0.1) is 0 Å². The summed E-state index contributed by atoms with van der Waals surface area (Å²) in [6, 6.07) is 0.749. The average Bonchev–Trinajstić information content (AvgIpc) is 2.27. The van der Waals surface area contributed by atoms with Gasteiger partial charge >= 0.3 is 0 Å². The van der Waals surface area contributed by atoms with E-state index in [1.54, 1.807) is 0 Å². The van der Waals surface area contributed by atoms with Crippen LogP contribution in [0.2, 0.25) is 0 Å². The summed E-state index contributed by atoms with van der Waals surface area (Å²) < 4.78 is 0. The van der Waals surface area contributed by atoms with Crippen LogP contribution < -0.4 is 5.32 Å². The van der Waals surface area contributed by atoms with Crippen molar-refractivity contribution in [1.82, 2.24) is 10.2 Å². The van der Waals surface area contributed by atoms with E-state index in [0.717, 1.165) is 6.04 Å². The van der Waals surface area contributed by atoms with E-state index < -0.39 is 0 Å². The molecule has 0 spiro atoms. The lowest BCUT2D eigenvalue weighted by Gasteiger charge is -2.34. The van der Waals surface area contributed by atoms with Crippen molar-refractivity contribution in [3.05, 3.63) is 0 Å². The van der Waals surface area contributed by atoms with Crippen LogP contribution in [0.1, 0.15) is 47.0 Å². The number of hydrogen-bond acceptors (Lipinski definition) is 2. The van der Waals surface area contributed by atoms with Crippen LogP contribution in [0.3, 0.4) is 0 Å². The zero-order chi connectivity index (χ0) is 10.6. The monoisotopic (exact) mass is 198 g/mol. The van der Waals surface area contributed by atoms with Crippen LogP contribution in [0, 0.1) is 0 Å². The molecular weight excluding hydrogens is 172 g/mol. The third kappa shape index (κ3) is 3.58. The van der Waals surface area contributed by atoms with Crippen molar-refractivity contribution in [2.45, 2.75) is 58.5 Å². The smallest absolute Gasteiger partial charge is 0.0252 e. The highest BCUT2D eigenvalue weighted by atomic mass is 15.2. The summed E-state index contributed by atoms with van der Waals surface area (Å²) in [6.07, 6.45) is 3.92. The Hall–Kier alpha value is -0.0800. The number of rotatable bonds is 3. The molecule has 1 rings (SSSR count). The first-order valence-electron chi connectivity index (χ1n) is 6.04. The second kappa shape index (κ2) is 5.13. The van der Waals surface area contributed by atoms with Crippen LogP contribution in [-0.4, -0.2) is 36.1 Å². The van der Waals surface area contributed by atoms with Crippen molar-refractivity contribution >= 4 is 0 Å². The van der Waals surface area contributed by atoms with E-state index in [-0.39, 0.29) is 0 Å². The molecule has 0 aromatic heterocycles. The molecule has 14 heavy (non-hydrogen) atoms. The fourth-order valence-electron chi connectivity index (χ4n) is 2.33. The van der Waals surface area contributed by atoms with Gasteiger partial charge in [-0.05, 0) is 46.7 Å². The molecule has 0 aromatic rings. The lowest BCUT2D eigenvalue weighted by molar-refractivity contribution is 0.171. The molecule has 1 fully saturated rings. The fraction of sp³-hybridized carbons (Fsp3) is 1.00. The normalized spacial score (nSPS) is 25.7.